The first kappa shape index (κ1) is 28.1. The summed E-state index contributed by atoms with van der Waals surface area (Å²) in [7, 11) is 0. The third-order valence-corrected chi connectivity index (χ3v) is 7.86. The van der Waals surface area contributed by atoms with Gasteiger partial charge in [0.05, 0.1) is 18.1 Å². The van der Waals surface area contributed by atoms with E-state index in [1.54, 1.807) is 13.8 Å². The largest absolute Gasteiger partial charge is 0.463 e. The van der Waals surface area contributed by atoms with E-state index in [9.17, 15) is 14.9 Å². The maximum absolute atomic E-state index is 13.6. The number of nitriles is 1. The fourth-order valence-corrected chi connectivity index (χ4v) is 5.52. The number of nitrogens with zero attached hydrogens (tertiary/aromatic N) is 2. The molecular formula is C33H36N2O4. The molecular weight excluding hydrogens is 488 g/mol. The number of hydrogen-bond acceptors (Lipinski definition) is 6. The first-order chi connectivity index (χ1) is 18.9. The highest BCUT2D eigenvalue weighted by Gasteiger charge is 2.46. The molecule has 1 atom stereocenters. The third-order valence-electron chi connectivity index (χ3n) is 7.86. The fraction of sp³-hybridized carbons (Fsp3) is 0.364. The molecule has 0 aromatic heterocycles. The van der Waals surface area contributed by atoms with Crippen molar-refractivity contribution in [3.05, 3.63) is 108 Å². The van der Waals surface area contributed by atoms with Crippen LogP contribution in [0.2, 0.25) is 0 Å². The van der Waals surface area contributed by atoms with Gasteiger partial charge >= 0.3 is 11.9 Å². The van der Waals surface area contributed by atoms with Crippen molar-refractivity contribution in [2.75, 3.05) is 26.2 Å². The van der Waals surface area contributed by atoms with Crippen LogP contribution >= 0.6 is 0 Å². The van der Waals surface area contributed by atoms with Gasteiger partial charge in [0.15, 0.2) is 6.10 Å². The predicted octanol–water partition coefficient (Wildman–Crippen LogP) is 5.41. The molecule has 6 heteroatoms. The SMILES string of the molecule is CCOC(=O)C(C)OC(=O)C1(c2ccccc2)CCN(CCC(C#N)(c2ccccc2)c2ccccc2)CC1. The average molecular weight is 525 g/mol. The molecule has 1 aliphatic heterocycles. The van der Waals surface area contributed by atoms with Crippen molar-refractivity contribution >= 4 is 11.9 Å². The summed E-state index contributed by atoms with van der Waals surface area (Å²) in [6.45, 7) is 5.56. The van der Waals surface area contributed by atoms with Gasteiger partial charge in [-0.05, 0) is 62.9 Å². The highest BCUT2D eigenvalue weighted by Crippen LogP contribution is 2.39. The predicted molar refractivity (Wildman–Crippen MR) is 150 cm³/mol. The molecule has 1 saturated heterocycles. The summed E-state index contributed by atoms with van der Waals surface area (Å²) in [6, 6.07) is 32.2. The maximum atomic E-state index is 13.6. The molecule has 6 nitrogen and oxygen atoms in total. The average Bonchev–Trinajstić information content (AvgIpc) is 2.99. The van der Waals surface area contributed by atoms with Crippen LogP contribution in [0, 0.1) is 11.3 Å². The fourth-order valence-electron chi connectivity index (χ4n) is 5.52. The summed E-state index contributed by atoms with van der Waals surface area (Å²) in [5.41, 5.74) is 1.23. The van der Waals surface area contributed by atoms with E-state index in [4.69, 9.17) is 9.47 Å². The Bertz CT molecular complexity index is 1220. The van der Waals surface area contributed by atoms with Crippen LogP contribution in [0.4, 0.5) is 0 Å². The van der Waals surface area contributed by atoms with Crippen LogP contribution in [0.3, 0.4) is 0 Å². The van der Waals surface area contributed by atoms with Gasteiger partial charge in [0.1, 0.15) is 5.41 Å². The van der Waals surface area contributed by atoms with Crippen LogP contribution in [0.25, 0.3) is 0 Å². The summed E-state index contributed by atoms with van der Waals surface area (Å²) in [4.78, 5) is 28.1. The molecule has 1 unspecified atom stereocenters. The molecule has 1 heterocycles. The number of piperidine rings is 1. The molecule has 0 radical (unpaired) electrons. The van der Waals surface area contributed by atoms with Crippen LogP contribution in [-0.2, 0) is 29.9 Å². The first-order valence-corrected chi connectivity index (χ1v) is 13.6. The van der Waals surface area contributed by atoms with Gasteiger partial charge in [0.25, 0.3) is 0 Å². The van der Waals surface area contributed by atoms with Gasteiger partial charge in [-0.15, -0.1) is 0 Å². The van der Waals surface area contributed by atoms with E-state index in [2.05, 4.69) is 11.0 Å². The molecule has 3 aromatic rings. The second kappa shape index (κ2) is 12.7. The zero-order chi connectivity index (χ0) is 27.7. The van der Waals surface area contributed by atoms with E-state index >= 15 is 0 Å². The second-order valence-electron chi connectivity index (χ2n) is 10.1. The van der Waals surface area contributed by atoms with Gasteiger partial charge in [-0.1, -0.05) is 91.0 Å². The van der Waals surface area contributed by atoms with Crippen LogP contribution in [-0.4, -0.2) is 49.2 Å². The van der Waals surface area contributed by atoms with E-state index in [0.29, 0.717) is 38.9 Å². The Hall–Kier alpha value is -3.95. The number of rotatable bonds is 10. The number of carbonyl (C=O) groups excluding carboxylic acids is 2. The topological polar surface area (TPSA) is 79.6 Å². The molecule has 3 aromatic carbocycles. The highest BCUT2D eigenvalue weighted by atomic mass is 16.6. The summed E-state index contributed by atoms with van der Waals surface area (Å²) < 4.78 is 10.7. The van der Waals surface area contributed by atoms with Crippen molar-refractivity contribution in [3.63, 3.8) is 0 Å². The van der Waals surface area contributed by atoms with Gasteiger partial charge in [0, 0.05) is 6.54 Å². The smallest absolute Gasteiger partial charge is 0.347 e. The minimum atomic E-state index is -0.968. The van der Waals surface area contributed by atoms with Crippen molar-refractivity contribution in [2.24, 2.45) is 0 Å². The van der Waals surface area contributed by atoms with Crippen molar-refractivity contribution in [1.29, 1.82) is 5.26 Å². The number of hydrogen-bond donors (Lipinski definition) is 0. The van der Waals surface area contributed by atoms with Crippen LogP contribution in [0.15, 0.2) is 91.0 Å². The zero-order valence-corrected chi connectivity index (χ0v) is 22.7. The Kier molecular flexibility index (Phi) is 9.16. The second-order valence-corrected chi connectivity index (χ2v) is 10.1. The lowest BCUT2D eigenvalue weighted by atomic mass is 9.71. The van der Waals surface area contributed by atoms with Gasteiger partial charge in [-0.3, -0.25) is 4.79 Å². The van der Waals surface area contributed by atoms with Gasteiger partial charge in [-0.25, -0.2) is 4.79 Å². The molecule has 202 valence electrons. The summed E-state index contributed by atoms with van der Waals surface area (Å²) >= 11 is 0. The molecule has 0 saturated carbocycles. The molecule has 1 fully saturated rings. The standard InChI is InChI=1S/C33H36N2O4/c1-3-38-30(36)26(2)39-31(37)32(27-13-7-4-8-14-27)19-22-35(23-20-32)24-21-33(25-34,28-15-9-5-10-16-28)29-17-11-6-12-18-29/h4-18,26H,3,19-24H2,1-2H3. The molecule has 4 rings (SSSR count). The number of carbonyl (C=O) groups is 2. The summed E-state index contributed by atoms with van der Waals surface area (Å²) in [5.74, 6) is -0.935. The lowest BCUT2D eigenvalue weighted by molar-refractivity contribution is -0.171. The number of likely N-dealkylation sites (tertiary alicyclic amines) is 1. The first-order valence-electron chi connectivity index (χ1n) is 13.6. The van der Waals surface area contributed by atoms with Crippen LogP contribution in [0.1, 0.15) is 49.8 Å². The highest BCUT2D eigenvalue weighted by molar-refractivity contribution is 5.86. The zero-order valence-electron chi connectivity index (χ0n) is 22.7. The van der Waals surface area contributed by atoms with Crippen LogP contribution in [0.5, 0.6) is 0 Å². The Balaban J connectivity index is 1.52. The summed E-state index contributed by atoms with van der Waals surface area (Å²) in [6.07, 6.45) is 0.771. The van der Waals surface area contributed by atoms with Crippen molar-refractivity contribution < 1.29 is 19.1 Å². The Labute approximate surface area is 231 Å². The maximum Gasteiger partial charge on any atom is 0.347 e. The van der Waals surface area contributed by atoms with Crippen molar-refractivity contribution in [2.45, 2.75) is 50.0 Å². The number of benzene rings is 3. The molecule has 0 bridgehead atoms. The minimum absolute atomic E-state index is 0.232. The number of esters is 2. The quantitative estimate of drug-likeness (QED) is 0.330. The van der Waals surface area contributed by atoms with E-state index in [0.717, 1.165) is 16.7 Å². The van der Waals surface area contributed by atoms with Crippen LogP contribution < -0.4 is 0 Å². The van der Waals surface area contributed by atoms with E-state index in [1.165, 1.54) is 0 Å². The molecule has 1 aliphatic rings. The monoisotopic (exact) mass is 524 g/mol. The van der Waals surface area contributed by atoms with Crippen molar-refractivity contribution in [1.82, 2.24) is 4.90 Å². The molecule has 0 spiro atoms. The molecule has 0 amide bonds. The van der Waals surface area contributed by atoms with Gasteiger partial charge in [0.2, 0.25) is 0 Å². The lowest BCUT2D eigenvalue weighted by Gasteiger charge is -2.41. The Morgan fingerprint density at radius 3 is 1.92 bits per heavy atom. The molecule has 0 aliphatic carbocycles. The summed E-state index contributed by atoms with van der Waals surface area (Å²) in [5, 5.41) is 10.5. The normalized spacial score (nSPS) is 16.0. The van der Waals surface area contributed by atoms with Gasteiger partial charge in [-0.2, -0.15) is 5.26 Å². The molecule has 0 N–H and O–H groups in total. The van der Waals surface area contributed by atoms with E-state index in [1.807, 2.05) is 91.0 Å². The number of ether oxygens (including phenoxy) is 2. The van der Waals surface area contributed by atoms with E-state index < -0.39 is 28.9 Å². The minimum Gasteiger partial charge on any atom is -0.463 e. The molecule has 39 heavy (non-hydrogen) atoms. The Morgan fingerprint density at radius 1 is 0.923 bits per heavy atom. The Morgan fingerprint density at radius 2 is 1.44 bits per heavy atom. The van der Waals surface area contributed by atoms with Gasteiger partial charge < -0.3 is 14.4 Å². The van der Waals surface area contributed by atoms with Crippen molar-refractivity contribution in [3.8, 4) is 6.07 Å². The van der Waals surface area contributed by atoms with E-state index in [-0.39, 0.29) is 6.61 Å². The third kappa shape index (κ3) is 6.05. The lowest BCUT2D eigenvalue weighted by Crippen LogP contribution is -2.50.